The molecular weight excluding hydrogens is 408 g/mol. The van der Waals surface area contributed by atoms with Crippen LogP contribution in [0.1, 0.15) is 40.5 Å². The summed E-state index contributed by atoms with van der Waals surface area (Å²) in [7, 11) is 1.93. The molecule has 2 aromatic heterocycles. The fourth-order valence-corrected chi connectivity index (χ4v) is 4.65. The number of hydrogen-bond donors (Lipinski definition) is 1. The third-order valence-corrected chi connectivity index (χ3v) is 6.59. The molecule has 3 heterocycles. The first-order valence-electron chi connectivity index (χ1n) is 10.9. The molecule has 1 aromatic carbocycles. The molecule has 1 aliphatic heterocycles. The summed E-state index contributed by atoms with van der Waals surface area (Å²) in [5, 5.41) is 9.18. The van der Waals surface area contributed by atoms with Gasteiger partial charge in [0, 0.05) is 31.2 Å². The van der Waals surface area contributed by atoms with Gasteiger partial charge < -0.3 is 15.1 Å². The van der Waals surface area contributed by atoms with E-state index in [1.54, 1.807) is 0 Å². The summed E-state index contributed by atoms with van der Waals surface area (Å²) in [5.41, 5.74) is 1.80. The van der Waals surface area contributed by atoms with Gasteiger partial charge >= 0.3 is 0 Å². The second-order valence-corrected chi connectivity index (χ2v) is 10.5. The van der Waals surface area contributed by atoms with Gasteiger partial charge in [-0.05, 0) is 39.5 Å². The summed E-state index contributed by atoms with van der Waals surface area (Å²) >= 11 is 1.51. The summed E-state index contributed by atoms with van der Waals surface area (Å²) in [4.78, 5) is 22.4. The van der Waals surface area contributed by atoms with Crippen LogP contribution >= 0.6 is 11.3 Å². The lowest BCUT2D eigenvalue weighted by molar-refractivity contribution is -0.130. The first kappa shape index (κ1) is 21.6. The minimum atomic E-state index is -0.142. The van der Waals surface area contributed by atoms with Gasteiger partial charge in [-0.15, -0.1) is 5.10 Å². The lowest BCUT2D eigenvalue weighted by Gasteiger charge is -2.31. The van der Waals surface area contributed by atoms with Crippen LogP contribution in [0.5, 0.6) is 0 Å². The first-order valence-corrected chi connectivity index (χ1v) is 11.7. The molecule has 0 bridgehead atoms. The van der Waals surface area contributed by atoms with Gasteiger partial charge in [0.25, 0.3) is 0 Å². The van der Waals surface area contributed by atoms with Crippen LogP contribution in [-0.2, 0) is 4.79 Å². The Labute approximate surface area is 188 Å². The van der Waals surface area contributed by atoms with Crippen LogP contribution in [0.25, 0.3) is 16.2 Å². The van der Waals surface area contributed by atoms with E-state index in [0.29, 0.717) is 12.5 Å². The lowest BCUT2D eigenvalue weighted by atomic mass is 9.99. The number of likely N-dealkylation sites (tertiary alicyclic amines) is 1. The highest BCUT2D eigenvalue weighted by molar-refractivity contribution is 7.20. The molecule has 1 amide bonds. The topological polar surface area (TPSA) is 65.8 Å². The molecular formula is C23H32N6OS. The molecule has 1 aliphatic rings. The van der Waals surface area contributed by atoms with Crippen LogP contribution in [0.3, 0.4) is 0 Å². The molecule has 0 atom stereocenters. The highest BCUT2D eigenvalue weighted by Crippen LogP contribution is 2.34. The highest BCUT2D eigenvalue weighted by atomic mass is 32.1. The predicted octanol–water partition coefficient (Wildman–Crippen LogP) is 4.36. The fourth-order valence-electron chi connectivity index (χ4n) is 3.79. The number of aromatic nitrogens is 3. The Balaban J connectivity index is 1.59. The number of nitrogens with one attached hydrogen (secondary N) is 1. The molecule has 0 radical (unpaired) electrons. The van der Waals surface area contributed by atoms with Crippen molar-refractivity contribution in [1.29, 1.82) is 0 Å². The number of carbonyl (C=O) groups is 1. The standard InChI is InChI=1S/C23H32N6OS/c1-16-11-13-28(14-12-16)18(30)15-27(5)22-26-29-20(25-23(2,3)4)19(24-21(29)31-22)17-9-7-6-8-10-17/h6-10,16,25H,11-15H2,1-5H3. The van der Waals surface area contributed by atoms with Crippen molar-refractivity contribution in [3.8, 4) is 11.3 Å². The average Bonchev–Trinajstić information content (AvgIpc) is 3.27. The van der Waals surface area contributed by atoms with Crippen molar-refractivity contribution >= 4 is 33.2 Å². The van der Waals surface area contributed by atoms with Gasteiger partial charge in [0.15, 0.2) is 5.82 Å². The predicted molar refractivity (Wildman–Crippen MR) is 128 cm³/mol. The van der Waals surface area contributed by atoms with E-state index >= 15 is 0 Å². The number of rotatable bonds is 5. The fraction of sp³-hybridized carbons (Fsp3) is 0.522. The number of carbonyl (C=O) groups excluding carboxylic acids is 1. The number of benzene rings is 1. The van der Waals surface area contributed by atoms with Crippen molar-refractivity contribution in [2.45, 2.75) is 46.1 Å². The number of likely N-dealkylation sites (N-methyl/N-ethyl adjacent to an activating group) is 1. The summed E-state index contributed by atoms with van der Waals surface area (Å²) in [6.45, 7) is 10.7. The normalized spacial score (nSPS) is 15.5. The largest absolute Gasteiger partial charge is 0.364 e. The van der Waals surface area contributed by atoms with Crippen LogP contribution in [0.4, 0.5) is 10.9 Å². The van der Waals surface area contributed by atoms with E-state index in [1.165, 1.54) is 11.3 Å². The molecule has 0 aliphatic carbocycles. The molecule has 3 aromatic rings. The van der Waals surface area contributed by atoms with Crippen molar-refractivity contribution < 1.29 is 4.79 Å². The Morgan fingerprint density at radius 1 is 1.23 bits per heavy atom. The lowest BCUT2D eigenvalue weighted by Crippen LogP contribution is -2.43. The summed E-state index contributed by atoms with van der Waals surface area (Å²) in [6, 6.07) is 10.2. The van der Waals surface area contributed by atoms with Gasteiger partial charge in [-0.1, -0.05) is 48.6 Å². The highest BCUT2D eigenvalue weighted by Gasteiger charge is 2.25. The van der Waals surface area contributed by atoms with E-state index in [9.17, 15) is 4.79 Å². The van der Waals surface area contributed by atoms with Gasteiger partial charge in [-0.3, -0.25) is 4.79 Å². The number of hydrogen-bond acceptors (Lipinski definition) is 6. The number of imidazole rings is 1. The maximum atomic E-state index is 12.8. The van der Waals surface area contributed by atoms with Crippen LogP contribution in [-0.4, -0.2) is 57.6 Å². The maximum Gasteiger partial charge on any atom is 0.242 e. The monoisotopic (exact) mass is 440 g/mol. The van der Waals surface area contributed by atoms with Crippen LogP contribution < -0.4 is 10.2 Å². The summed E-state index contributed by atoms with van der Waals surface area (Å²) < 4.78 is 1.87. The second kappa shape index (κ2) is 8.49. The Kier molecular flexibility index (Phi) is 5.92. The minimum absolute atomic E-state index is 0.142. The van der Waals surface area contributed by atoms with E-state index in [2.05, 4.69) is 45.1 Å². The molecule has 31 heavy (non-hydrogen) atoms. The summed E-state index contributed by atoms with van der Waals surface area (Å²) in [5.74, 6) is 1.75. The smallest absolute Gasteiger partial charge is 0.242 e. The molecule has 7 nitrogen and oxygen atoms in total. The number of anilines is 2. The zero-order valence-electron chi connectivity index (χ0n) is 19.1. The Morgan fingerprint density at radius 3 is 2.55 bits per heavy atom. The second-order valence-electron chi connectivity index (χ2n) is 9.55. The summed E-state index contributed by atoms with van der Waals surface area (Å²) in [6.07, 6.45) is 2.18. The van der Waals surface area contributed by atoms with E-state index < -0.39 is 0 Å². The van der Waals surface area contributed by atoms with Gasteiger partial charge in [0.1, 0.15) is 5.69 Å². The van der Waals surface area contributed by atoms with E-state index in [1.807, 2.05) is 39.6 Å². The SMILES string of the molecule is CC1CCN(C(=O)CN(C)c2nn3c(NC(C)(C)C)c(-c4ccccc4)nc3s2)CC1. The Hall–Kier alpha value is -2.61. The quantitative estimate of drug-likeness (QED) is 0.638. The molecule has 0 unspecified atom stereocenters. The van der Waals surface area contributed by atoms with Crippen molar-refractivity contribution in [2.24, 2.45) is 5.92 Å². The number of amides is 1. The van der Waals surface area contributed by atoms with E-state index in [0.717, 1.165) is 53.1 Å². The molecule has 0 spiro atoms. The Bertz CT molecular complexity index is 1040. The van der Waals surface area contributed by atoms with Crippen LogP contribution in [0.2, 0.25) is 0 Å². The van der Waals surface area contributed by atoms with Gasteiger partial charge in [0.05, 0.1) is 6.54 Å². The third kappa shape index (κ3) is 4.84. The van der Waals surface area contributed by atoms with Crippen molar-refractivity contribution in [2.75, 3.05) is 36.9 Å². The van der Waals surface area contributed by atoms with Crippen molar-refractivity contribution in [1.82, 2.24) is 19.5 Å². The van der Waals surface area contributed by atoms with E-state index in [-0.39, 0.29) is 11.4 Å². The van der Waals surface area contributed by atoms with E-state index in [4.69, 9.17) is 10.1 Å². The molecule has 0 saturated carbocycles. The molecule has 166 valence electrons. The van der Waals surface area contributed by atoms with Gasteiger partial charge in [-0.2, -0.15) is 4.52 Å². The molecule has 1 fully saturated rings. The molecule has 8 heteroatoms. The molecule has 1 saturated heterocycles. The number of fused-ring (bicyclic) bond motifs is 1. The number of piperidine rings is 1. The minimum Gasteiger partial charge on any atom is -0.364 e. The number of nitrogens with zero attached hydrogens (tertiary/aromatic N) is 5. The van der Waals surface area contributed by atoms with Gasteiger partial charge in [0.2, 0.25) is 16.0 Å². The van der Waals surface area contributed by atoms with Crippen molar-refractivity contribution in [3.63, 3.8) is 0 Å². The zero-order valence-corrected chi connectivity index (χ0v) is 19.9. The van der Waals surface area contributed by atoms with Crippen LogP contribution in [0, 0.1) is 5.92 Å². The first-order chi connectivity index (χ1) is 14.7. The van der Waals surface area contributed by atoms with Crippen molar-refractivity contribution in [3.05, 3.63) is 30.3 Å². The average molecular weight is 441 g/mol. The molecule has 1 N–H and O–H groups in total. The van der Waals surface area contributed by atoms with Crippen LogP contribution in [0.15, 0.2) is 30.3 Å². The Morgan fingerprint density at radius 2 is 1.90 bits per heavy atom. The zero-order chi connectivity index (χ0) is 22.2. The maximum absolute atomic E-state index is 12.8. The third-order valence-electron chi connectivity index (χ3n) is 5.57. The van der Waals surface area contributed by atoms with Gasteiger partial charge in [-0.25, -0.2) is 4.98 Å². The molecule has 4 rings (SSSR count).